The fraction of sp³-hybridized carbons (Fsp3) is 0.500. The molecular formula is C14H18N4OS. The summed E-state index contributed by atoms with van der Waals surface area (Å²) in [6, 6.07) is 2.01. The van der Waals surface area contributed by atoms with Gasteiger partial charge in [-0.2, -0.15) is 5.10 Å². The first-order valence-corrected chi connectivity index (χ1v) is 7.91. The predicted octanol–water partition coefficient (Wildman–Crippen LogP) is 2.21. The Hall–Kier alpha value is -1.69. The van der Waals surface area contributed by atoms with Crippen molar-refractivity contribution in [1.82, 2.24) is 20.1 Å². The number of piperidine rings is 1. The number of hydrogen-bond acceptors (Lipinski definition) is 4. The normalized spacial score (nSPS) is 19.2. The first-order chi connectivity index (χ1) is 9.83. The molecule has 1 fully saturated rings. The van der Waals surface area contributed by atoms with Crippen LogP contribution in [0.2, 0.25) is 0 Å². The highest BCUT2D eigenvalue weighted by Crippen LogP contribution is 2.25. The molecule has 1 amide bonds. The van der Waals surface area contributed by atoms with Crippen LogP contribution in [0.25, 0.3) is 0 Å². The fourth-order valence-electron chi connectivity index (χ4n) is 2.71. The van der Waals surface area contributed by atoms with Crippen molar-refractivity contribution in [3.05, 3.63) is 34.5 Å². The van der Waals surface area contributed by atoms with E-state index in [1.807, 2.05) is 21.9 Å². The van der Waals surface area contributed by atoms with E-state index in [1.165, 1.54) is 0 Å². The molecule has 1 atom stereocenters. The molecule has 0 spiro atoms. The van der Waals surface area contributed by atoms with E-state index in [-0.39, 0.29) is 5.91 Å². The first-order valence-electron chi connectivity index (χ1n) is 6.97. The quantitative estimate of drug-likeness (QED) is 0.939. The van der Waals surface area contributed by atoms with E-state index in [1.54, 1.807) is 17.5 Å². The van der Waals surface area contributed by atoms with Gasteiger partial charge in [0, 0.05) is 42.7 Å². The molecule has 0 bridgehead atoms. The zero-order valence-corrected chi connectivity index (χ0v) is 12.1. The molecule has 1 aliphatic heterocycles. The van der Waals surface area contributed by atoms with Crippen molar-refractivity contribution < 1.29 is 4.79 Å². The summed E-state index contributed by atoms with van der Waals surface area (Å²) < 4.78 is 0. The van der Waals surface area contributed by atoms with Gasteiger partial charge >= 0.3 is 0 Å². The van der Waals surface area contributed by atoms with Gasteiger partial charge in [0.1, 0.15) is 0 Å². The highest BCUT2D eigenvalue weighted by molar-refractivity contribution is 7.07. The van der Waals surface area contributed by atoms with Crippen LogP contribution in [-0.4, -0.2) is 39.1 Å². The molecule has 2 aromatic rings. The summed E-state index contributed by atoms with van der Waals surface area (Å²) in [5.74, 6) is 0.636. The SMILES string of the molecule is O=C(CCc1cscn1)N1CCC[C@@H](c2ccn[nH]2)C1. The summed E-state index contributed by atoms with van der Waals surface area (Å²) in [7, 11) is 0. The van der Waals surface area contributed by atoms with Gasteiger partial charge in [-0.25, -0.2) is 4.98 Å². The lowest BCUT2D eigenvalue weighted by Gasteiger charge is -2.32. The van der Waals surface area contributed by atoms with Gasteiger partial charge < -0.3 is 4.90 Å². The average molecular weight is 290 g/mol. The maximum atomic E-state index is 12.3. The van der Waals surface area contributed by atoms with Crippen LogP contribution in [0.3, 0.4) is 0 Å². The highest BCUT2D eigenvalue weighted by Gasteiger charge is 2.25. The lowest BCUT2D eigenvalue weighted by Crippen LogP contribution is -2.39. The third-order valence-electron chi connectivity index (χ3n) is 3.81. The number of likely N-dealkylation sites (tertiary alicyclic amines) is 1. The average Bonchev–Trinajstić information content (AvgIpc) is 3.18. The number of aryl methyl sites for hydroxylation is 1. The number of aromatic nitrogens is 3. The number of rotatable bonds is 4. The van der Waals surface area contributed by atoms with E-state index in [0.29, 0.717) is 12.3 Å². The Morgan fingerprint density at radius 2 is 2.50 bits per heavy atom. The molecule has 20 heavy (non-hydrogen) atoms. The summed E-state index contributed by atoms with van der Waals surface area (Å²) in [5, 5.41) is 9.04. The number of amides is 1. The minimum Gasteiger partial charge on any atom is -0.342 e. The second-order valence-corrected chi connectivity index (χ2v) is 5.89. The molecule has 0 saturated carbocycles. The molecule has 5 nitrogen and oxygen atoms in total. The zero-order chi connectivity index (χ0) is 13.8. The highest BCUT2D eigenvalue weighted by atomic mass is 32.1. The Bertz CT molecular complexity index is 538. The molecule has 106 valence electrons. The Morgan fingerprint density at radius 3 is 3.25 bits per heavy atom. The second-order valence-electron chi connectivity index (χ2n) is 5.17. The van der Waals surface area contributed by atoms with Crippen molar-refractivity contribution in [2.45, 2.75) is 31.6 Å². The molecule has 6 heteroatoms. The van der Waals surface area contributed by atoms with E-state index in [9.17, 15) is 4.79 Å². The molecule has 3 heterocycles. The number of nitrogens with zero attached hydrogens (tertiary/aromatic N) is 3. The lowest BCUT2D eigenvalue weighted by atomic mass is 9.94. The minimum absolute atomic E-state index is 0.238. The summed E-state index contributed by atoms with van der Waals surface area (Å²) in [5.41, 5.74) is 3.97. The Kier molecular flexibility index (Phi) is 4.11. The predicted molar refractivity (Wildman–Crippen MR) is 77.6 cm³/mol. The van der Waals surface area contributed by atoms with Gasteiger partial charge in [0.25, 0.3) is 0 Å². The Balaban J connectivity index is 1.55. The molecule has 0 radical (unpaired) electrons. The first kappa shape index (κ1) is 13.3. The van der Waals surface area contributed by atoms with Gasteiger partial charge in [-0.1, -0.05) is 0 Å². The van der Waals surface area contributed by atoms with Crippen molar-refractivity contribution in [3.63, 3.8) is 0 Å². The van der Waals surface area contributed by atoms with E-state index < -0.39 is 0 Å². The fourth-order valence-corrected chi connectivity index (χ4v) is 3.30. The van der Waals surface area contributed by atoms with Gasteiger partial charge in [-0.05, 0) is 25.3 Å². The standard InChI is InChI=1S/C14H18N4OS/c19-14(4-3-12-9-20-10-15-12)18-7-1-2-11(8-18)13-5-6-16-17-13/h5-6,9-11H,1-4,7-8H2,(H,16,17)/t11-/m1/s1. The smallest absolute Gasteiger partial charge is 0.222 e. The third kappa shape index (κ3) is 3.07. The molecule has 1 saturated heterocycles. The largest absolute Gasteiger partial charge is 0.342 e. The van der Waals surface area contributed by atoms with Crippen LogP contribution in [0.1, 0.15) is 36.6 Å². The van der Waals surface area contributed by atoms with Gasteiger partial charge in [0.05, 0.1) is 11.2 Å². The number of thiazole rings is 1. The molecule has 0 aromatic carbocycles. The van der Waals surface area contributed by atoms with Crippen LogP contribution >= 0.6 is 11.3 Å². The third-order valence-corrected chi connectivity index (χ3v) is 4.45. The minimum atomic E-state index is 0.238. The molecule has 0 unspecified atom stereocenters. The van der Waals surface area contributed by atoms with Crippen molar-refractivity contribution in [2.75, 3.05) is 13.1 Å². The van der Waals surface area contributed by atoms with Gasteiger partial charge in [0.15, 0.2) is 0 Å². The van der Waals surface area contributed by atoms with E-state index >= 15 is 0 Å². The second kappa shape index (κ2) is 6.17. The van der Waals surface area contributed by atoms with Crippen LogP contribution in [0, 0.1) is 0 Å². The number of carbonyl (C=O) groups is 1. The van der Waals surface area contributed by atoms with E-state index in [4.69, 9.17) is 0 Å². The lowest BCUT2D eigenvalue weighted by molar-refractivity contribution is -0.132. The molecule has 3 rings (SSSR count). The van der Waals surface area contributed by atoms with Crippen molar-refractivity contribution >= 4 is 17.2 Å². The molecule has 0 aliphatic carbocycles. The molecule has 1 N–H and O–H groups in total. The maximum Gasteiger partial charge on any atom is 0.222 e. The number of aromatic amines is 1. The molecule has 1 aliphatic rings. The van der Waals surface area contributed by atoms with Gasteiger partial charge in [-0.15, -0.1) is 11.3 Å². The van der Waals surface area contributed by atoms with Gasteiger partial charge in [0.2, 0.25) is 5.91 Å². The summed E-state index contributed by atoms with van der Waals surface area (Å²) in [6.07, 6.45) is 5.26. The monoisotopic (exact) mass is 290 g/mol. The topological polar surface area (TPSA) is 61.9 Å². The van der Waals surface area contributed by atoms with Crippen molar-refractivity contribution in [2.24, 2.45) is 0 Å². The van der Waals surface area contributed by atoms with Crippen molar-refractivity contribution in [3.8, 4) is 0 Å². The Morgan fingerprint density at radius 1 is 1.55 bits per heavy atom. The summed E-state index contributed by atoms with van der Waals surface area (Å²) in [6.45, 7) is 1.68. The maximum absolute atomic E-state index is 12.3. The number of carbonyl (C=O) groups excluding carboxylic acids is 1. The van der Waals surface area contributed by atoms with Crippen LogP contribution in [-0.2, 0) is 11.2 Å². The van der Waals surface area contributed by atoms with Crippen LogP contribution in [0.5, 0.6) is 0 Å². The van der Waals surface area contributed by atoms with Crippen LogP contribution in [0.15, 0.2) is 23.2 Å². The molecule has 2 aromatic heterocycles. The van der Waals surface area contributed by atoms with Crippen molar-refractivity contribution in [1.29, 1.82) is 0 Å². The Labute approximate surface area is 122 Å². The summed E-state index contributed by atoms with van der Waals surface area (Å²) in [4.78, 5) is 18.5. The van der Waals surface area contributed by atoms with Gasteiger partial charge in [-0.3, -0.25) is 9.89 Å². The molecular weight excluding hydrogens is 272 g/mol. The van der Waals surface area contributed by atoms with E-state index in [0.717, 1.165) is 43.7 Å². The zero-order valence-electron chi connectivity index (χ0n) is 11.3. The number of H-pyrrole nitrogens is 1. The summed E-state index contributed by atoms with van der Waals surface area (Å²) >= 11 is 1.58. The number of nitrogens with one attached hydrogen (secondary N) is 1. The van der Waals surface area contributed by atoms with Crippen LogP contribution in [0.4, 0.5) is 0 Å². The van der Waals surface area contributed by atoms with E-state index in [2.05, 4.69) is 15.2 Å². The van der Waals surface area contributed by atoms with Crippen LogP contribution < -0.4 is 0 Å². The number of hydrogen-bond donors (Lipinski definition) is 1.